The van der Waals surface area contributed by atoms with Crippen LogP contribution in [0.5, 0.6) is 5.88 Å². The van der Waals surface area contributed by atoms with Crippen molar-refractivity contribution in [2.45, 2.75) is 44.0 Å². The predicted molar refractivity (Wildman–Crippen MR) is 76.4 cm³/mol. The van der Waals surface area contributed by atoms with Crippen molar-refractivity contribution < 1.29 is 4.74 Å². The monoisotopic (exact) mass is 267 g/mol. The smallest absolute Gasteiger partial charge is 0.257 e. The number of nitrogens with one attached hydrogen (secondary N) is 1. The zero-order valence-electron chi connectivity index (χ0n) is 11.3. The lowest BCUT2D eigenvalue weighted by molar-refractivity contribution is 0.233. The topological polar surface area (TPSA) is 47.0 Å². The molecule has 18 heavy (non-hydrogen) atoms. The Balaban J connectivity index is 2.00. The van der Waals surface area contributed by atoms with Crippen molar-refractivity contribution in [2.75, 3.05) is 18.1 Å². The summed E-state index contributed by atoms with van der Waals surface area (Å²) in [5.74, 6) is 1.36. The van der Waals surface area contributed by atoms with Gasteiger partial charge in [-0.25, -0.2) is 9.97 Å². The van der Waals surface area contributed by atoms with E-state index >= 15 is 0 Å². The summed E-state index contributed by atoms with van der Waals surface area (Å²) in [4.78, 5) is 8.55. The molecule has 0 atom stereocenters. The van der Waals surface area contributed by atoms with Gasteiger partial charge in [0, 0.05) is 23.7 Å². The van der Waals surface area contributed by atoms with E-state index in [-0.39, 0.29) is 6.10 Å². The molecule has 1 aliphatic carbocycles. The second kappa shape index (κ2) is 5.78. The van der Waals surface area contributed by atoms with E-state index in [1.807, 2.05) is 25.6 Å². The van der Waals surface area contributed by atoms with Gasteiger partial charge in [-0.1, -0.05) is 6.42 Å². The number of hydrogen-bond acceptors (Lipinski definition) is 5. The minimum absolute atomic E-state index is 0.112. The maximum atomic E-state index is 5.65. The molecule has 4 nitrogen and oxygen atoms in total. The molecule has 5 heteroatoms. The Morgan fingerprint density at radius 2 is 2.11 bits per heavy atom. The lowest BCUT2D eigenvalue weighted by atomic mass is 9.84. The van der Waals surface area contributed by atoms with E-state index in [0.717, 1.165) is 12.4 Å². The molecule has 0 radical (unpaired) electrons. The van der Waals surface area contributed by atoms with Gasteiger partial charge < -0.3 is 10.1 Å². The summed E-state index contributed by atoms with van der Waals surface area (Å²) in [7, 11) is 0. The molecule has 0 aliphatic heterocycles. The maximum Gasteiger partial charge on any atom is 0.257 e. The average Bonchev–Trinajstić information content (AvgIpc) is 2.29. The van der Waals surface area contributed by atoms with Gasteiger partial charge in [-0.05, 0) is 32.9 Å². The average molecular weight is 267 g/mol. The van der Waals surface area contributed by atoms with Crippen molar-refractivity contribution in [3.8, 4) is 5.88 Å². The van der Waals surface area contributed by atoms with Crippen LogP contribution in [0.2, 0.25) is 0 Å². The largest absolute Gasteiger partial charge is 0.472 e. The third kappa shape index (κ3) is 3.07. The molecule has 0 saturated heterocycles. The lowest BCUT2D eigenvalue weighted by Crippen LogP contribution is -2.40. The molecule has 1 saturated carbocycles. The van der Waals surface area contributed by atoms with E-state index in [1.165, 1.54) is 19.3 Å². The Labute approximate surface area is 113 Å². The summed E-state index contributed by atoms with van der Waals surface area (Å²) in [6.45, 7) is 4.92. The van der Waals surface area contributed by atoms with Crippen molar-refractivity contribution in [1.82, 2.24) is 9.97 Å². The van der Waals surface area contributed by atoms with Crippen LogP contribution in [0.4, 0.5) is 5.82 Å². The van der Waals surface area contributed by atoms with E-state index in [2.05, 4.69) is 21.5 Å². The summed E-state index contributed by atoms with van der Waals surface area (Å²) < 4.78 is 6.03. The zero-order valence-corrected chi connectivity index (χ0v) is 12.1. The first-order chi connectivity index (χ1) is 8.65. The molecule has 2 rings (SSSR count). The van der Waals surface area contributed by atoms with Crippen molar-refractivity contribution in [3.05, 3.63) is 12.4 Å². The van der Waals surface area contributed by atoms with Gasteiger partial charge in [-0.3, -0.25) is 0 Å². The van der Waals surface area contributed by atoms with Crippen LogP contribution >= 0.6 is 11.8 Å². The van der Waals surface area contributed by atoms with E-state index in [9.17, 15) is 0 Å². The fourth-order valence-corrected chi connectivity index (χ4v) is 2.94. The van der Waals surface area contributed by atoms with E-state index in [0.29, 0.717) is 10.6 Å². The van der Waals surface area contributed by atoms with E-state index in [4.69, 9.17) is 4.74 Å². The molecular weight excluding hydrogens is 246 g/mol. The summed E-state index contributed by atoms with van der Waals surface area (Å²) >= 11 is 1.95. The van der Waals surface area contributed by atoms with Crippen LogP contribution in [0, 0.1) is 0 Å². The minimum atomic E-state index is 0.112. The van der Waals surface area contributed by atoms with Gasteiger partial charge in [0.25, 0.3) is 5.88 Å². The first-order valence-electron chi connectivity index (χ1n) is 6.42. The second-order valence-corrected chi connectivity index (χ2v) is 6.25. The molecule has 100 valence electrons. The van der Waals surface area contributed by atoms with Crippen LogP contribution in [0.1, 0.15) is 33.1 Å². The van der Waals surface area contributed by atoms with E-state index < -0.39 is 0 Å². The van der Waals surface area contributed by atoms with Gasteiger partial charge in [0.2, 0.25) is 0 Å². The summed E-state index contributed by atoms with van der Waals surface area (Å²) in [6.07, 6.45) is 9.55. The summed E-state index contributed by atoms with van der Waals surface area (Å²) in [5.41, 5.74) is 0. The first-order valence-corrected chi connectivity index (χ1v) is 7.64. The molecule has 0 bridgehead atoms. The van der Waals surface area contributed by atoms with Gasteiger partial charge in [-0.15, -0.1) is 0 Å². The molecule has 1 aromatic heterocycles. The highest BCUT2D eigenvalue weighted by Crippen LogP contribution is 2.42. The molecular formula is C13H21N3OS. The molecule has 0 unspecified atom stereocenters. The molecule has 1 fully saturated rings. The Hall–Kier alpha value is -0.970. The Morgan fingerprint density at radius 3 is 2.67 bits per heavy atom. The maximum absolute atomic E-state index is 5.65. The highest BCUT2D eigenvalue weighted by Gasteiger charge is 2.36. The minimum Gasteiger partial charge on any atom is -0.472 e. The van der Waals surface area contributed by atoms with Crippen LogP contribution in [0.15, 0.2) is 12.4 Å². The molecule has 1 aromatic rings. The Kier molecular flexibility index (Phi) is 4.32. The Morgan fingerprint density at radius 1 is 1.39 bits per heavy atom. The molecule has 1 N–H and O–H groups in total. The molecule has 0 amide bonds. The second-order valence-electron chi connectivity index (χ2n) is 4.97. The number of aromatic nitrogens is 2. The number of ether oxygens (including phenoxy) is 1. The van der Waals surface area contributed by atoms with Gasteiger partial charge in [0.05, 0.1) is 6.10 Å². The fourth-order valence-electron chi connectivity index (χ4n) is 2.03. The van der Waals surface area contributed by atoms with Crippen molar-refractivity contribution in [3.63, 3.8) is 0 Å². The third-order valence-corrected chi connectivity index (χ3v) is 4.71. The standard InChI is InChI=1S/C13H21N3OS/c1-10(2)17-12-11(14-7-8-15-12)16-9-13(18-3)5-4-6-13/h7-8,10H,4-6,9H2,1-3H3,(H,14,16). The van der Waals surface area contributed by atoms with E-state index in [1.54, 1.807) is 12.4 Å². The van der Waals surface area contributed by atoms with Gasteiger partial charge in [0.15, 0.2) is 5.82 Å². The van der Waals surface area contributed by atoms with Gasteiger partial charge in [0.1, 0.15) is 0 Å². The van der Waals surface area contributed by atoms with Crippen LogP contribution in [0.25, 0.3) is 0 Å². The van der Waals surface area contributed by atoms with Crippen molar-refractivity contribution >= 4 is 17.6 Å². The van der Waals surface area contributed by atoms with Crippen molar-refractivity contribution in [1.29, 1.82) is 0 Å². The molecule has 0 spiro atoms. The SMILES string of the molecule is CSC1(CNc2nccnc2OC(C)C)CCC1. The highest BCUT2D eigenvalue weighted by atomic mass is 32.2. The fraction of sp³-hybridized carbons (Fsp3) is 0.692. The normalized spacial score (nSPS) is 17.3. The number of hydrogen-bond donors (Lipinski definition) is 1. The van der Waals surface area contributed by atoms with Crippen LogP contribution in [-0.4, -0.2) is 33.6 Å². The van der Waals surface area contributed by atoms with Crippen LogP contribution in [0.3, 0.4) is 0 Å². The molecule has 1 aliphatic rings. The Bertz CT molecular complexity index is 388. The number of thioether (sulfide) groups is 1. The van der Waals surface area contributed by atoms with Gasteiger partial charge >= 0.3 is 0 Å². The zero-order chi connectivity index (χ0) is 13.0. The van der Waals surface area contributed by atoms with Gasteiger partial charge in [-0.2, -0.15) is 11.8 Å². The number of nitrogens with zero attached hydrogens (tertiary/aromatic N) is 2. The molecule has 0 aromatic carbocycles. The predicted octanol–water partition coefficient (Wildman–Crippen LogP) is 2.96. The first kappa shape index (κ1) is 13.5. The quantitative estimate of drug-likeness (QED) is 0.858. The van der Waals surface area contributed by atoms with Crippen LogP contribution < -0.4 is 10.1 Å². The summed E-state index contributed by atoms with van der Waals surface area (Å²) in [5, 5.41) is 3.39. The third-order valence-electron chi connectivity index (χ3n) is 3.29. The number of rotatable bonds is 6. The lowest BCUT2D eigenvalue weighted by Gasteiger charge is -2.40. The number of anilines is 1. The summed E-state index contributed by atoms with van der Waals surface area (Å²) in [6, 6.07) is 0. The highest BCUT2D eigenvalue weighted by molar-refractivity contribution is 8.00. The molecule has 1 heterocycles. The van der Waals surface area contributed by atoms with Crippen molar-refractivity contribution in [2.24, 2.45) is 0 Å². The van der Waals surface area contributed by atoms with Crippen LogP contribution in [-0.2, 0) is 0 Å².